The molecule has 1 fully saturated rings. The molecule has 1 aliphatic rings. The van der Waals surface area contributed by atoms with Gasteiger partial charge in [0.25, 0.3) is 0 Å². The van der Waals surface area contributed by atoms with E-state index in [2.05, 4.69) is 28.9 Å². The van der Waals surface area contributed by atoms with E-state index in [0.29, 0.717) is 11.7 Å². The van der Waals surface area contributed by atoms with Gasteiger partial charge >= 0.3 is 0 Å². The quantitative estimate of drug-likeness (QED) is 0.863. The summed E-state index contributed by atoms with van der Waals surface area (Å²) in [7, 11) is 4.32. The Hall–Kier alpha value is -1.59. The van der Waals surface area contributed by atoms with E-state index in [4.69, 9.17) is 10.2 Å². The molecule has 0 amide bonds. The van der Waals surface area contributed by atoms with Crippen molar-refractivity contribution in [3.63, 3.8) is 0 Å². The van der Waals surface area contributed by atoms with Crippen molar-refractivity contribution in [1.82, 2.24) is 14.8 Å². The lowest BCUT2D eigenvalue weighted by Crippen LogP contribution is -2.36. The Morgan fingerprint density at radius 2 is 2.35 bits per heavy atom. The molecule has 5 nitrogen and oxygen atoms in total. The number of anilines is 1. The zero-order chi connectivity index (χ0) is 14.1. The Balaban J connectivity index is 1.68. The summed E-state index contributed by atoms with van der Waals surface area (Å²) in [6, 6.07) is 6.30. The molecule has 20 heavy (non-hydrogen) atoms. The van der Waals surface area contributed by atoms with Gasteiger partial charge in [-0.1, -0.05) is 6.07 Å². The average Bonchev–Trinajstić information content (AvgIpc) is 2.97. The minimum Gasteiger partial charge on any atom is -0.439 e. The normalized spacial score (nSPS) is 20.2. The zero-order valence-electron chi connectivity index (χ0n) is 12.2. The van der Waals surface area contributed by atoms with E-state index in [0.717, 1.165) is 30.1 Å². The number of nitrogen functional groups attached to an aromatic ring is 1. The lowest BCUT2D eigenvalue weighted by Gasteiger charge is -2.24. The zero-order valence-corrected chi connectivity index (χ0v) is 12.2. The van der Waals surface area contributed by atoms with Crippen molar-refractivity contribution in [3.05, 3.63) is 24.1 Å². The molecule has 1 aromatic carbocycles. The van der Waals surface area contributed by atoms with Gasteiger partial charge in [-0.2, -0.15) is 0 Å². The lowest BCUT2D eigenvalue weighted by atomic mass is 10.2. The van der Waals surface area contributed by atoms with E-state index in [-0.39, 0.29) is 0 Å². The summed E-state index contributed by atoms with van der Waals surface area (Å²) in [4.78, 5) is 9.20. The molecule has 0 aliphatic carbocycles. The van der Waals surface area contributed by atoms with Gasteiger partial charge in [0, 0.05) is 12.6 Å². The molecule has 2 aromatic rings. The third-order valence-electron chi connectivity index (χ3n) is 4.09. The molecule has 0 spiro atoms. The number of nitrogens with two attached hydrogens (primary N) is 1. The first-order chi connectivity index (χ1) is 9.63. The first kappa shape index (κ1) is 13.4. The highest BCUT2D eigenvalue weighted by Gasteiger charge is 2.22. The van der Waals surface area contributed by atoms with Crippen LogP contribution in [-0.2, 0) is 6.54 Å². The second-order valence-corrected chi connectivity index (χ2v) is 5.77. The molecule has 1 atom stereocenters. The number of rotatable bonds is 4. The van der Waals surface area contributed by atoms with Gasteiger partial charge in [0.1, 0.15) is 5.52 Å². The number of hydrogen-bond acceptors (Lipinski definition) is 5. The van der Waals surface area contributed by atoms with Gasteiger partial charge in [0.2, 0.25) is 5.89 Å². The number of likely N-dealkylation sites (N-methyl/N-ethyl adjacent to an activating group) is 2. The molecule has 1 saturated heterocycles. The summed E-state index contributed by atoms with van der Waals surface area (Å²) in [5, 5.41) is 0. The molecule has 108 valence electrons. The van der Waals surface area contributed by atoms with Crippen molar-refractivity contribution in [2.45, 2.75) is 25.4 Å². The van der Waals surface area contributed by atoms with Crippen LogP contribution in [0.4, 0.5) is 5.69 Å². The largest absolute Gasteiger partial charge is 0.439 e. The van der Waals surface area contributed by atoms with Crippen molar-refractivity contribution in [3.8, 4) is 0 Å². The van der Waals surface area contributed by atoms with E-state index in [1.165, 1.54) is 19.4 Å². The summed E-state index contributed by atoms with van der Waals surface area (Å²) in [5.41, 5.74) is 8.13. The number of nitrogens with zero attached hydrogens (tertiary/aromatic N) is 3. The van der Waals surface area contributed by atoms with Crippen molar-refractivity contribution < 1.29 is 4.42 Å². The van der Waals surface area contributed by atoms with E-state index in [9.17, 15) is 0 Å². The molecular formula is C15H22N4O. The summed E-state index contributed by atoms with van der Waals surface area (Å²) in [6.45, 7) is 2.97. The van der Waals surface area contributed by atoms with Crippen LogP contribution in [0.1, 0.15) is 18.7 Å². The van der Waals surface area contributed by atoms with Gasteiger partial charge in [-0.3, -0.25) is 4.90 Å². The van der Waals surface area contributed by atoms with Crippen molar-refractivity contribution in [2.75, 3.05) is 32.9 Å². The molecule has 0 saturated carbocycles. The van der Waals surface area contributed by atoms with Gasteiger partial charge < -0.3 is 15.1 Å². The first-order valence-corrected chi connectivity index (χ1v) is 7.16. The fourth-order valence-electron chi connectivity index (χ4n) is 2.95. The Labute approximate surface area is 119 Å². The van der Waals surface area contributed by atoms with E-state index < -0.39 is 0 Å². The van der Waals surface area contributed by atoms with Crippen LogP contribution in [0.15, 0.2) is 22.6 Å². The van der Waals surface area contributed by atoms with Crippen LogP contribution in [0, 0.1) is 0 Å². The second-order valence-electron chi connectivity index (χ2n) is 5.77. The fraction of sp³-hybridized carbons (Fsp3) is 0.533. The van der Waals surface area contributed by atoms with Crippen LogP contribution in [-0.4, -0.2) is 48.0 Å². The Kier molecular flexibility index (Phi) is 3.63. The lowest BCUT2D eigenvalue weighted by molar-refractivity contribution is 0.204. The molecule has 0 radical (unpaired) electrons. The number of fused-ring (bicyclic) bond motifs is 1. The maximum atomic E-state index is 5.91. The molecule has 1 unspecified atom stereocenters. The highest BCUT2D eigenvalue weighted by Crippen LogP contribution is 2.22. The summed E-state index contributed by atoms with van der Waals surface area (Å²) in [6.07, 6.45) is 2.58. The van der Waals surface area contributed by atoms with Crippen molar-refractivity contribution in [1.29, 1.82) is 0 Å². The van der Waals surface area contributed by atoms with E-state index >= 15 is 0 Å². The van der Waals surface area contributed by atoms with Gasteiger partial charge in [-0.25, -0.2) is 4.98 Å². The molecular weight excluding hydrogens is 252 g/mol. The Morgan fingerprint density at radius 1 is 1.50 bits per heavy atom. The van der Waals surface area contributed by atoms with Crippen molar-refractivity contribution in [2.24, 2.45) is 0 Å². The molecule has 2 heterocycles. The third-order valence-corrected chi connectivity index (χ3v) is 4.09. The van der Waals surface area contributed by atoms with E-state index in [1.54, 1.807) is 0 Å². The summed E-state index contributed by atoms with van der Waals surface area (Å²) < 4.78 is 5.76. The summed E-state index contributed by atoms with van der Waals surface area (Å²) in [5.74, 6) is 0.737. The highest BCUT2D eigenvalue weighted by atomic mass is 16.3. The van der Waals surface area contributed by atoms with Crippen molar-refractivity contribution >= 4 is 16.8 Å². The molecule has 2 N–H and O–H groups in total. The van der Waals surface area contributed by atoms with Gasteiger partial charge in [0.05, 0.1) is 12.2 Å². The number of likely N-dealkylation sites (tertiary alicyclic amines) is 1. The number of hydrogen-bond donors (Lipinski definition) is 1. The highest BCUT2D eigenvalue weighted by molar-refractivity contribution is 5.85. The fourth-order valence-corrected chi connectivity index (χ4v) is 2.95. The average molecular weight is 274 g/mol. The Bertz CT molecular complexity index is 595. The first-order valence-electron chi connectivity index (χ1n) is 7.16. The maximum absolute atomic E-state index is 5.91. The number of aromatic nitrogens is 1. The molecule has 0 bridgehead atoms. The monoisotopic (exact) mass is 274 g/mol. The van der Waals surface area contributed by atoms with Crippen LogP contribution < -0.4 is 5.73 Å². The van der Waals surface area contributed by atoms with Crippen LogP contribution in [0.25, 0.3) is 11.1 Å². The number of para-hydroxylation sites is 1. The summed E-state index contributed by atoms with van der Waals surface area (Å²) >= 11 is 0. The smallest absolute Gasteiger partial charge is 0.209 e. The van der Waals surface area contributed by atoms with Crippen LogP contribution in [0.3, 0.4) is 0 Å². The minimum absolute atomic E-state index is 0.648. The standard InChI is InChI=1S/C15H22N4O/c1-18(9-11-5-4-8-19(11)2)10-14-17-15-12(16)6-3-7-13(15)20-14/h3,6-7,11H,4-5,8-10,16H2,1-2H3. The van der Waals surface area contributed by atoms with Gasteiger partial charge in [-0.15, -0.1) is 0 Å². The van der Waals surface area contributed by atoms with Gasteiger partial charge in [0.15, 0.2) is 5.58 Å². The number of oxazole rings is 1. The number of benzene rings is 1. The van der Waals surface area contributed by atoms with E-state index in [1.807, 2.05) is 18.2 Å². The van der Waals surface area contributed by atoms with Crippen LogP contribution in [0.2, 0.25) is 0 Å². The predicted octanol–water partition coefficient (Wildman–Crippen LogP) is 1.94. The third kappa shape index (κ3) is 2.64. The molecule has 5 heteroatoms. The predicted molar refractivity (Wildman–Crippen MR) is 80.4 cm³/mol. The SMILES string of the molecule is CN(Cc1nc2c(N)cccc2o1)CC1CCCN1C. The Morgan fingerprint density at radius 3 is 3.05 bits per heavy atom. The second kappa shape index (κ2) is 5.42. The van der Waals surface area contributed by atoms with Crippen LogP contribution >= 0.6 is 0 Å². The molecule has 1 aromatic heterocycles. The van der Waals surface area contributed by atoms with Gasteiger partial charge in [-0.05, 0) is 45.6 Å². The van der Waals surface area contributed by atoms with Crippen LogP contribution in [0.5, 0.6) is 0 Å². The maximum Gasteiger partial charge on any atom is 0.209 e. The molecule has 1 aliphatic heterocycles. The topological polar surface area (TPSA) is 58.5 Å². The molecule has 3 rings (SSSR count). The minimum atomic E-state index is 0.648.